The van der Waals surface area contributed by atoms with Crippen molar-refractivity contribution in [2.75, 3.05) is 20.2 Å². The minimum atomic E-state index is -4.48. The average Bonchev–Trinajstić information content (AvgIpc) is 2.53. The van der Waals surface area contributed by atoms with Gasteiger partial charge >= 0.3 is 12.1 Å². The number of carboxylic acids is 1. The number of carbonyl (C=O) groups is 1. The van der Waals surface area contributed by atoms with Gasteiger partial charge in [0, 0.05) is 13.1 Å². The molecule has 0 aromatic heterocycles. The molecule has 1 saturated heterocycles. The van der Waals surface area contributed by atoms with Gasteiger partial charge in [0.1, 0.15) is 10.6 Å². The molecule has 1 atom stereocenters. The molecule has 0 amide bonds. The number of halogens is 3. The van der Waals surface area contributed by atoms with Crippen molar-refractivity contribution in [2.24, 2.45) is 5.92 Å². The third-order valence-electron chi connectivity index (χ3n) is 3.88. The lowest BCUT2D eigenvalue weighted by Crippen LogP contribution is -2.44. The molecular weight excluding hydrogens is 351 g/mol. The second kappa shape index (κ2) is 6.60. The van der Waals surface area contributed by atoms with E-state index in [1.807, 2.05) is 0 Å². The van der Waals surface area contributed by atoms with Crippen LogP contribution in [0.5, 0.6) is 5.75 Å². The van der Waals surface area contributed by atoms with Crippen molar-refractivity contribution in [3.8, 4) is 5.75 Å². The summed E-state index contributed by atoms with van der Waals surface area (Å²) in [5.74, 6) is -3.20. The number of carboxylic acid groups (broad SMARTS) is 1. The largest absolute Gasteiger partial charge is 0.495 e. The van der Waals surface area contributed by atoms with E-state index in [2.05, 4.69) is 0 Å². The van der Waals surface area contributed by atoms with E-state index in [1.165, 1.54) is 13.2 Å². The number of ether oxygens (including phenoxy) is 1. The van der Waals surface area contributed by atoms with Gasteiger partial charge in [0.2, 0.25) is 10.0 Å². The van der Waals surface area contributed by atoms with Gasteiger partial charge in [-0.3, -0.25) is 0 Å². The summed E-state index contributed by atoms with van der Waals surface area (Å²) in [5, 5.41) is 9.00. The summed E-state index contributed by atoms with van der Waals surface area (Å²) in [4.78, 5) is 10.6. The maximum atomic E-state index is 12.9. The van der Waals surface area contributed by atoms with E-state index in [1.54, 1.807) is 0 Å². The number of hydrogen-bond acceptors (Lipinski definition) is 4. The van der Waals surface area contributed by atoms with Crippen LogP contribution in [0.4, 0.5) is 13.2 Å². The van der Waals surface area contributed by atoms with Crippen LogP contribution in [0.2, 0.25) is 0 Å². The minimum Gasteiger partial charge on any atom is -0.495 e. The Morgan fingerprint density at radius 3 is 2.58 bits per heavy atom. The van der Waals surface area contributed by atoms with Crippen LogP contribution in [-0.4, -0.2) is 50.2 Å². The number of aromatic carboxylic acids is 1. The zero-order valence-electron chi connectivity index (χ0n) is 12.7. The van der Waals surface area contributed by atoms with E-state index in [0.29, 0.717) is 0 Å². The number of methoxy groups -OCH3 is 1. The maximum absolute atomic E-state index is 12.9. The minimum absolute atomic E-state index is 0.0602. The molecule has 134 valence electrons. The molecule has 24 heavy (non-hydrogen) atoms. The monoisotopic (exact) mass is 367 g/mol. The number of piperidine rings is 1. The van der Waals surface area contributed by atoms with E-state index in [9.17, 15) is 26.4 Å². The molecule has 0 bridgehead atoms. The molecule has 6 nitrogen and oxygen atoms in total. The summed E-state index contributed by atoms with van der Waals surface area (Å²) in [6.07, 6.45) is -4.55. The zero-order valence-corrected chi connectivity index (χ0v) is 13.5. The number of benzene rings is 1. The van der Waals surface area contributed by atoms with Crippen LogP contribution in [0.15, 0.2) is 23.1 Å². The zero-order chi connectivity index (χ0) is 18.1. The first-order valence-electron chi connectivity index (χ1n) is 7.05. The normalized spacial score (nSPS) is 19.9. The average molecular weight is 367 g/mol. The lowest BCUT2D eigenvalue weighted by molar-refractivity contribution is -0.182. The van der Waals surface area contributed by atoms with Gasteiger partial charge in [-0.2, -0.15) is 17.5 Å². The molecule has 1 aromatic carbocycles. The second-order valence-corrected chi connectivity index (χ2v) is 7.32. The summed E-state index contributed by atoms with van der Waals surface area (Å²) >= 11 is 0. The molecule has 1 heterocycles. The van der Waals surface area contributed by atoms with Gasteiger partial charge in [0.25, 0.3) is 0 Å². The molecule has 1 aliphatic heterocycles. The number of hydrogen-bond donors (Lipinski definition) is 1. The molecular formula is C14H16F3NO5S. The van der Waals surface area contributed by atoms with Crippen LogP contribution >= 0.6 is 0 Å². The van der Waals surface area contributed by atoms with Crippen molar-refractivity contribution in [2.45, 2.75) is 23.9 Å². The van der Waals surface area contributed by atoms with Crippen molar-refractivity contribution in [1.82, 2.24) is 4.31 Å². The third kappa shape index (κ3) is 3.64. The highest BCUT2D eigenvalue weighted by Gasteiger charge is 2.44. The molecule has 0 aliphatic carbocycles. The molecule has 1 N–H and O–H groups in total. The van der Waals surface area contributed by atoms with Crippen LogP contribution in [0.25, 0.3) is 0 Å². The van der Waals surface area contributed by atoms with Crippen LogP contribution < -0.4 is 4.74 Å². The summed E-state index contributed by atoms with van der Waals surface area (Å²) < 4.78 is 69.8. The third-order valence-corrected chi connectivity index (χ3v) is 5.76. The number of nitrogens with zero attached hydrogens (tertiary/aromatic N) is 1. The van der Waals surface area contributed by atoms with Gasteiger partial charge < -0.3 is 9.84 Å². The molecule has 1 unspecified atom stereocenters. The molecule has 0 saturated carbocycles. The Bertz CT molecular complexity index is 732. The predicted molar refractivity (Wildman–Crippen MR) is 77.5 cm³/mol. The van der Waals surface area contributed by atoms with E-state index in [-0.39, 0.29) is 30.7 Å². The van der Waals surface area contributed by atoms with Gasteiger partial charge in [-0.15, -0.1) is 0 Å². The van der Waals surface area contributed by atoms with Gasteiger partial charge in [-0.05, 0) is 31.0 Å². The van der Waals surface area contributed by atoms with Crippen LogP contribution in [0.1, 0.15) is 23.2 Å². The Kier molecular flexibility index (Phi) is 5.09. The first-order valence-corrected chi connectivity index (χ1v) is 8.49. The lowest BCUT2D eigenvalue weighted by Gasteiger charge is -2.33. The molecule has 1 aromatic rings. The van der Waals surface area contributed by atoms with Crippen molar-refractivity contribution in [1.29, 1.82) is 0 Å². The fourth-order valence-corrected chi connectivity index (χ4v) is 4.28. The van der Waals surface area contributed by atoms with Gasteiger partial charge in [0.15, 0.2) is 0 Å². The van der Waals surface area contributed by atoms with Gasteiger partial charge in [-0.1, -0.05) is 0 Å². The summed E-state index contributed by atoms with van der Waals surface area (Å²) in [6.45, 7) is -0.748. The summed E-state index contributed by atoms with van der Waals surface area (Å²) in [5.41, 5.74) is -0.293. The highest BCUT2D eigenvalue weighted by Crippen LogP contribution is 2.36. The molecule has 1 fully saturated rings. The van der Waals surface area contributed by atoms with E-state index >= 15 is 0 Å². The highest BCUT2D eigenvalue weighted by atomic mass is 32.2. The summed E-state index contributed by atoms with van der Waals surface area (Å²) in [7, 11) is -3.11. The topological polar surface area (TPSA) is 83.9 Å². The quantitative estimate of drug-likeness (QED) is 0.883. The van der Waals surface area contributed by atoms with Crippen molar-refractivity contribution >= 4 is 16.0 Å². The predicted octanol–water partition coefficient (Wildman–Crippen LogP) is 2.36. The number of sulfonamides is 1. The van der Waals surface area contributed by atoms with E-state index < -0.39 is 39.5 Å². The molecule has 0 spiro atoms. The molecule has 2 rings (SSSR count). The lowest BCUT2D eigenvalue weighted by atomic mass is 9.99. The summed E-state index contributed by atoms with van der Waals surface area (Å²) in [6, 6.07) is 3.23. The Morgan fingerprint density at radius 1 is 1.38 bits per heavy atom. The van der Waals surface area contributed by atoms with Crippen LogP contribution in [-0.2, 0) is 10.0 Å². The molecule has 1 aliphatic rings. The smallest absolute Gasteiger partial charge is 0.393 e. The van der Waals surface area contributed by atoms with Crippen molar-refractivity contribution in [3.63, 3.8) is 0 Å². The van der Waals surface area contributed by atoms with Gasteiger partial charge in [-0.25, -0.2) is 13.2 Å². The first kappa shape index (κ1) is 18.5. The van der Waals surface area contributed by atoms with Crippen molar-refractivity contribution < 1.29 is 36.2 Å². The van der Waals surface area contributed by atoms with E-state index in [4.69, 9.17) is 9.84 Å². The first-order chi connectivity index (χ1) is 11.1. The van der Waals surface area contributed by atoms with Crippen molar-refractivity contribution in [3.05, 3.63) is 23.8 Å². The Hall–Kier alpha value is -1.81. The highest BCUT2D eigenvalue weighted by molar-refractivity contribution is 7.89. The Labute approximate surface area is 136 Å². The SMILES string of the molecule is COc1ccc(C(=O)O)cc1S(=O)(=O)N1CCCC(C(F)(F)F)C1. The Morgan fingerprint density at radius 2 is 2.04 bits per heavy atom. The fourth-order valence-electron chi connectivity index (χ4n) is 2.58. The molecule has 10 heteroatoms. The number of rotatable bonds is 4. The van der Waals surface area contributed by atoms with Gasteiger partial charge in [0.05, 0.1) is 18.6 Å². The molecule has 0 radical (unpaired) electrons. The van der Waals surface area contributed by atoms with Crippen LogP contribution in [0.3, 0.4) is 0 Å². The second-order valence-electron chi connectivity index (χ2n) is 5.41. The standard InChI is InChI=1S/C14H16F3NO5S/c1-23-11-5-4-9(13(19)20)7-12(11)24(21,22)18-6-2-3-10(8-18)14(15,16)17/h4-5,7,10H,2-3,6,8H2,1H3,(H,19,20). The maximum Gasteiger partial charge on any atom is 0.393 e. The fraction of sp³-hybridized carbons (Fsp3) is 0.500. The Balaban J connectivity index is 2.43. The van der Waals surface area contributed by atoms with E-state index in [0.717, 1.165) is 16.4 Å². The number of alkyl halides is 3. The van der Waals surface area contributed by atoms with Crippen LogP contribution in [0, 0.1) is 5.92 Å².